The highest BCUT2D eigenvalue weighted by atomic mass is 31.1. The van der Waals surface area contributed by atoms with Crippen molar-refractivity contribution in [2.45, 2.75) is 38.9 Å². The van der Waals surface area contributed by atoms with Crippen LogP contribution in [0.25, 0.3) is 11.0 Å². The molecular weight excluding hydrogens is 431 g/mol. The number of aliphatic hydroxyl groups is 1. The van der Waals surface area contributed by atoms with Crippen LogP contribution >= 0.6 is 8.58 Å². The van der Waals surface area contributed by atoms with Crippen molar-refractivity contribution in [1.29, 1.82) is 0 Å². The number of likely N-dealkylation sites (tertiary alicyclic amines) is 1. The molecule has 4 heterocycles. The SMILES string of the molecule is CCc1cc(/C(=C/C=O)PC2C=CC(C3CCN(CCO)CC3)=CN2C)cn2cc(C)nc12. The molecule has 2 aromatic rings. The number of nitrogens with zero attached hydrogens (tertiary/aromatic N) is 4. The molecule has 0 amide bonds. The van der Waals surface area contributed by atoms with Gasteiger partial charge in [-0.05, 0) is 79.4 Å². The zero-order chi connectivity index (χ0) is 23.4. The van der Waals surface area contributed by atoms with Crippen LogP contribution in [-0.4, -0.2) is 69.6 Å². The fourth-order valence-electron chi connectivity index (χ4n) is 4.87. The van der Waals surface area contributed by atoms with Gasteiger partial charge in [-0.25, -0.2) is 4.98 Å². The van der Waals surface area contributed by atoms with Crippen LogP contribution in [-0.2, 0) is 11.2 Å². The number of piperidine rings is 1. The number of hydrogen-bond acceptors (Lipinski definition) is 5. The highest BCUT2D eigenvalue weighted by Crippen LogP contribution is 2.42. The van der Waals surface area contributed by atoms with E-state index < -0.39 is 0 Å². The summed E-state index contributed by atoms with van der Waals surface area (Å²) < 4.78 is 2.09. The topological polar surface area (TPSA) is 61.1 Å². The number of aliphatic hydroxyl groups excluding tert-OH is 1. The number of rotatable bonds is 8. The zero-order valence-electron chi connectivity index (χ0n) is 19.9. The predicted molar refractivity (Wildman–Crippen MR) is 137 cm³/mol. The van der Waals surface area contributed by atoms with Gasteiger partial charge in [0.25, 0.3) is 0 Å². The zero-order valence-corrected chi connectivity index (χ0v) is 20.9. The molecule has 0 radical (unpaired) electrons. The molecular formula is C26H35N4O2P. The van der Waals surface area contributed by atoms with E-state index in [1.54, 1.807) is 6.08 Å². The molecule has 2 atom stereocenters. The number of carbonyl (C=O) groups excluding carboxylic acids is 1. The second kappa shape index (κ2) is 10.8. The van der Waals surface area contributed by atoms with Gasteiger partial charge in [0.1, 0.15) is 11.9 Å². The molecule has 7 heteroatoms. The molecule has 33 heavy (non-hydrogen) atoms. The Labute approximate surface area is 198 Å². The molecule has 0 saturated carbocycles. The molecule has 2 aliphatic heterocycles. The van der Waals surface area contributed by atoms with Gasteiger partial charge in [0, 0.05) is 32.2 Å². The van der Waals surface area contributed by atoms with Crippen LogP contribution in [0.3, 0.4) is 0 Å². The summed E-state index contributed by atoms with van der Waals surface area (Å²) in [5, 5.41) is 10.2. The predicted octanol–water partition coefficient (Wildman–Crippen LogP) is 3.84. The average molecular weight is 467 g/mol. The Kier molecular flexibility index (Phi) is 7.79. The minimum atomic E-state index is 0.236. The summed E-state index contributed by atoms with van der Waals surface area (Å²) in [5.74, 6) is 0.812. The first-order valence-electron chi connectivity index (χ1n) is 11.9. The van der Waals surface area contributed by atoms with E-state index in [0.29, 0.717) is 14.5 Å². The van der Waals surface area contributed by atoms with E-state index in [2.05, 4.69) is 63.8 Å². The summed E-state index contributed by atoms with van der Waals surface area (Å²) in [6.07, 6.45) is 16.8. The Bertz CT molecular complexity index is 1080. The van der Waals surface area contributed by atoms with Gasteiger partial charge in [-0.2, -0.15) is 0 Å². The molecule has 1 N–H and O–H groups in total. The van der Waals surface area contributed by atoms with E-state index in [4.69, 9.17) is 0 Å². The van der Waals surface area contributed by atoms with Crippen molar-refractivity contribution in [2.24, 2.45) is 5.92 Å². The molecule has 0 spiro atoms. The van der Waals surface area contributed by atoms with Crippen LogP contribution in [0, 0.1) is 12.8 Å². The Morgan fingerprint density at radius 2 is 2.09 bits per heavy atom. The lowest BCUT2D eigenvalue weighted by atomic mass is 9.88. The third-order valence-electron chi connectivity index (χ3n) is 6.72. The molecule has 0 aromatic carbocycles. The largest absolute Gasteiger partial charge is 0.395 e. The van der Waals surface area contributed by atoms with Crippen molar-refractivity contribution in [1.82, 2.24) is 19.2 Å². The fourth-order valence-corrected chi connectivity index (χ4v) is 6.13. The van der Waals surface area contributed by atoms with E-state index in [1.807, 2.05) is 13.1 Å². The lowest BCUT2D eigenvalue weighted by molar-refractivity contribution is -0.104. The van der Waals surface area contributed by atoms with Gasteiger partial charge in [-0.1, -0.05) is 27.7 Å². The van der Waals surface area contributed by atoms with E-state index >= 15 is 0 Å². The van der Waals surface area contributed by atoms with Gasteiger partial charge in [0.2, 0.25) is 0 Å². The van der Waals surface area contributed by atoms with E-state index in [1.165, 1.54) is 11.1 Å². The fraction of sp³-hybridized carbons (Fsp3) is 0.462. The first-order valence-corrected chi connectivity index (χ1v) is 13.0. The van der Waals surface area contributed by atoms with E-state index in [0.717, 1.165) is 67.4 Å². The van der Waals surface area contributed by atoms with Crippen molar-refractivity contribution in [2.75, 3.05) is 33.3 Å². The standard InChI is InChI=1S/C26H35N4O2P/c1-4-20-15-23(18-30-16-19(2)27-26(20)30)24(9-13-31)33-25-6-5-22(17-28(25)3)21-7-10-29(11-8-21)12-14-32/h5-6,9,13,15-18,21,25,32-33H,4,7-8,10-12,14H2,1-3H3/b24-9-. The van der Waals surface area contributed by atoms with Crippen molar-refractivity contribution < 1.29 is 9.90 Å². The van der Waals surface area contributed by atoms with Gasteiger partial charge < -0.3 is 19.3 Å². The Hall–Kier alpha value is -2.27. The molecule has 176 valence electrons. The van der Waals surface area contributed by atoms with Crippen LogP contribution in [0.5, 0.6) is 0 Å². The summed E-state index contributed by atoms with van der Waals surface area (Å²) >= 11 is 0. The van der Waals surface area contributed by atoms with Crippen LogP contribution < -0.4 is 0 Å². The quantitative estimate of drug-likeness (QED) is 0.364. The van der Waals surface area contributed by atoms with Crippen molar-refractivity contribution >= 4 is 25.8 Å². The summed E-state index contributed by atoms with van der Waals surface area (Å²) in [6, 6.07) is 2.19. The molecule has 1 fully saturated rings. The van der Waals surface area contributed by atoms with Gasteiger partial charge in [-0.15, -0.1) is 0 Å². The maximum Gasteiger partial charge on any atom is 0.143 e. The van der Waals surface area contributed by atoms with Crippen LogP contribution in [0.15, 0.2) is 48.5 Å². The first-order chi connectivity index (χ1) is 16.0. The molecule has 1 saturated heterocycles. The van der Waals surface area contributed by atoms with Crippen LogP contribution in [0.1, 0.15) is 36.6 Å². The van der Waals surface area contributed by atoms with Gasteiger partial charge >= 0.3 is 0 Å². The minimum absolute atomic E-state index is 0.236. The molecule has 2 aromatic heterocycles. The number of likely N-dealkylation sites (N-methyl/N-ethyl adjacent to an activating group) is 1. The smallest absolute Gasteiger partial charge is 0.143 e. The Balaban J connectivity index is 1.49. The third kappa shape index (κ3) is 5.46. The van der Waals surface area contributed by atoms with Crippen LogP contribution in [0.4, 0.5) is 0 Å². The highest BCUT2D eigenvalue weighted by molar-refractivity contribution is 7.51. The number of pyridine rings is 1. The number of aldehydes is 1. The summed E-state index contributed by atoms with van der Waals surface area (Å²) in [7, 11) is 2.60. The van der Waals surface area contributed by atoms with Crippen molar-refractivity contribution in [3.8, 4) is 0 Å². The van der Waals surface area contributed by atoms with Gasteiger partial charge in [-0.3, -0.25) is 4.79 Å². The second-order valence-electron chi connectivity index (χ2n) is 9.02. The summed E-state index contributed by atoms with van der Waals surface area (Å²) in [6.45, 7) is 7.27. The minimum Gasteiger partial charge on any atom is -0.395 e. The molecule has 0 bridgehead atoms. The number of β-amino-alcohol motifs (C(OH)–C–C–N with tert-alkyl or cyclic N) is 1. The molecule has 2 unspecified atom stereocenters. The lowest BCUT2D eigenvalue weighted by Gasteiger charge is -2.35. The normalized spacial score (nSPS) is 20.8. The number of carbonyl (C=O) groups is 1. The van der Waals surface area contributed by atoms with Crippen molar-refractivity contribution in [3.05, 3.63) is 65.3 Å². The number of fused-ring (bicyclic) bond motifs is 1. The monoisotopic (exact) mass is 466 g/mol. The number of imidazole rings is 1. The Morgan fingerprint density at radius 1 is 1.30 bits per heavy atom. The first kappa shape index (κ1) is 23.9. The molecule has 6 nitrogen and oxygen atoms in total. The maximum atomic E-state index is 11.5. The number of aromatic nitrogens is 2. The number of allylic oxidation sites excluding steroid dienone is 3. The van der Waals surface area contributed by atoms with E-state index in [-0.39, 0.29) is 12.4 Å². The lowest BCUT2D eigenvalue weighted by Crippen LogP contribution is -2.36. The highest BCUT2D eigenvalue weighted by Gasteiger charge is 2.24. The van der Waals surface area contributed by atoms with Crippen LogP contribution in [0.2, 0.25) is 0 Å². The van der Waals surface area contributed by atoms with Crippen molar-refractivity contribution in [3.63, 3.8) is 0 Å². The Morgan fingerprint density at radius 3 is 2.76 bits per heavy atom. The van der Waals surface area contributed by atoms with Gasteiger partial charge in [0.05, 0.1) is 18.1 Å². The summed E-state index contributed by atoms with van der Waals surface area (Å²) in [5.41, 5.74) is 5.69. The van der Waals surface area contributed by atoms with E-state index in [9.17, 15) is 9.90 Å². The van der Waals surface area contributed by atoms with Gasteiger partial charge in [0.15, 0.2) is 0 Å². The molecule has 4 rings (SSSR count). The average Bonchev–Trinajstić information content (AvgIpc) is 3.20. The molecule has 0 aliphatic carbocycles. The molecule has 2 aliphatic rings. The third-order valence-corrected chi connectivity index (χ3v) is 8.38. The number of hydrogen-bond donors (Lipinski definition) is 1. The maximum absolute atomic E-state index is 11.5. The number of aryl methyl sites for hydroxylation is 2. The second-order valence-corrected chi connectivity index (χ2v) is 10.4. The summed E-state index contributed by atoms with van der Waals surface area (Å²) in [4.78, 5) is 20.8.